The van der Waals surface area contributed by atoms with Crippen molar-refractivity contribution in [1.82, 2.24) is 14.5 Å². The van der Waals surface area contributed by atoms with Crippen molar-refractivity contribution in [3.8, 4) is 0 Å². The van der Waals surface area contributed by atoms with Gasteiger partial charge >= 0.3 is 0 Å². The van der Waals surface area contributed by atoms with Crippen LogP contribution in [0.2, 0.25) is 0 Å². The Hall–Kier alpha value is -1.21. The van der Waals surface area contributed by atoms with Gasteiger partial charge in [-0.1, -0.05) is 11.3 Å². The van der Waals surface area contributed by atoms with E-state index in [1.54, 1.807) is 23.3 Å². The first-order valence-corrected chi connectivity index (χ1v) is 5.67. The molecule has 0 fully saturated rings. The lowest BCUT2D eigenvalue weighted by molar-refractivity contribution is 0.102. The molecule has 0 aliphatic heterocycles. The first-order valence-electron chi connectivity index (χ1n) is 4.06. The van der Waals surface area contributed by atoms with Crippen molar-refractivity contribution >= 4 is 38.3 Å². The van der Waals surface area contributed by atoms with Gasteiger partial charge in [0, 0.05) is 13.2 Å². The minimum atomic E-state index is -0.252. The Morgan fingerprint density at radius 3 is 2.93 bits per heavy atom. The highest BCUT2D eigenvalue weighted by atomic mass is 79.9. The monoisotopic (exact) mass is 286 g/mol. The van der Waals surface area contributed by atoms with Gasteiger partial charge in [-0.05, 0) is 15.9 Å². The average molecular weight is 287 g/mol. The molecule has 2 aromatic rings. The molecule has 78 valence electrons. The molecule has 2 rings (SSSR count). The van der Waals surface area contributed by atoms with Crippen molar-refractivity contribution in [1.29, 1.82) is 0 Å². The van der Waals surface area contributed by atoms with Crippen LogP contribution in [-0.4, -0.2) is 20.4 Å². The minimum Gasteiger partial charge on any atom is -0.340 e. The van der Waals surface area contributed by atoms with Crippen LogP contribution < -0.4 is 5.32 Å². The van der Waals surface area contributed by atoms with Gasteiger partial charge in [0.15, 0.2) is 5.13 Å². The van der Waals surface area contributed by atoms with Crippen LogP contribution in [0, 0.1) is 0 Å². The number of rotatable bonds is 2. The van der Waals surface area contributed by atoms with E-state index in [-0.39, 0.29) is 5.91 Å². The zero-order valence-corrected chi connectivity index (χ0v) is 10.2. The highest BCUT2D eigenvalue weighted by Crippen LogP contribution is 2.23. The summed E-state index contributed by atoms with van der Waals surface area (Å²) in [7, 11) is 1.81. The van der Waals surface area contributed by atoms with Crippen LogP contribution in [-0.2, 0) is 7.05 Å². The Morgan fingerprint density at radius 2 is 2.40 bits per heavy atom. The molecule has 0 bridgehead atoms. The number of nitrogens with one attached hydrogen (secondary N) is 1. The van der Waals surface area contributed by atoms with Crippen LogP contribution in [0.5, 0.6) is 0 Å². The summed E-state index contributed by atoms with van der Waals surface area (Å²) in [5.41, 5.74) is 0.379. The van der Waals surface area contributed by atoms with Crippen molar-refractivity contribution < 1.29 is 4.79 Å². The molecule has 5 nitrogen and oxygen atoms in total. The van der Waals surface area contributed by atoms with Gasteiger partial charge in [0.25, 0.3) is 5.91 Å². The van der Waals surface area contributed by atoms with Crippen LogP contribution in [0.25, 0.3) is 0 Å². The smallest absolute Gasteiger partial charge is 0.277 e. The maximum atomic E-state index is 11.6. The summed E-state index contributed by atoms with van der Waals surface area (Å²) in [6.45, 7) is 0. The van der Waals surface area contributed by atoms with E-state index in [2.05, 4.69) is 31.2 Å². The molecule has 0 aromatic carbocycles. The second kappa shape index (κ2) is 4.11. The maximum Gasteiger partial charge on any atom is 0.277 e. The number of amides is 1. The first kappa shape index (κ1) is 10.3. The van der Waals surface area contributed by atoms with Gasteiger partial charge in [0.2, 0.25) is 0 Å². The highest BCUT2D eigenvalue weighted by Gasteiger charge is 2.10. The Bertz CT molecular complexity index is 492. The number of aryl methyl sites for hydroxylation is 1. The second-order valence-electron chi connectivity index (χ2n) is 2.85. The topological polar surface area (TPSA) is 59.8 Å². The van der Waals surface area contributed by atoms with Gasteiger partial charge in [0.1, 0.15) is 5.69 Å². The molecule has 15 heavy (non-hydrogen) atoms. The van der Waals surface area contributed by atoms with E-state index in [1.807, 2.05) is 7.05 Å². The third-order valence-electron chi connectivity index (χ3n) is 1.64. The summed E-state index contributed by atoms with van der Waals surface area (Å²) < 4.78 is 2.59. The van der Waals surface area contributed by atoms with E-state index in [0.717, 1.165) is 3.79 Å². The summed E-state index contributed by atoms with van der Waals surface area (Å²) in [6.07, 6.45) is 4.86. The quantitative estimate of drug-likeness (QED) is 0.917. The summed E-state index contributed by atoms with van der Waals surface area (Å²) >= 11 is 4.62. The normalized spacial score (nSPS) is 10.3. The lowest BCUT2D eigenvalue weighted by Crippen LogP contribution is -2.11. The summed E-state index contributed by atoms with van der Waals surface area (Å²) in [5, 5.41) is 3.21. The van der Waals surface area contributed by atoms with Crippen LogP contribution in [0.3, 0.4) is 0 Å². The number of carbonyl (C=O) groups excluding carboxylic acids is 1. The Balaban J connectivity index is 2.10. The Kier molecular flexibility index (Phi) is 2.83. The number of aromatic nitrogens is 3. The molecule has 2 aromatic heterocycles. The van der Waals surface area contributed by atoms with Crippen LogP contribution >= 0.6 is 27.3 Å². The number of anilines is 1. The molecular formula is C8H7BrN4OS. The van der Waals surface area contributed by atoms with E-state index in [9.17, 15) is 4.79 Å². The Labute approximate surface area is 98.3 Å². The third-order valence-corrected chi connectivity index (χ3v) is 3.03. The van der Waals surface area contributed by atoms with Crippen molar-refractivity contribution in [2.75, 3.05) is 5.32 Å². The number of halogens is 1. The summed E-state index contributed by atoms with van der Waals surface area (Å²) in [6, 6.07) is 0. The van der Waals surface area contributed by atoms with Gasteiger partial charge in [-0.2, -0.15) is 0 Å². The number of imidazole rings is 1. The van der Waals surface area contributed by atoms with Crippen LogP contribution in [0.15, 0.2) is 22.5 Å². The predicted molar refractivity (Wildman–Crippen MR) is 61.0 cm³/mol. The average Bonchev–Trinajstić information content (AvgIpc) is 2.75. The molecule has 0 aliphatic carbocycles. The zero-order chi connectivity index (χ0) is 10.8. The van der Waals surface area contributed by atoms with Crippen molar-refractivity contribution in [3.63, 3.8) is 0 Å². The molecule has 0 atom stereocenters. The lowest BCUT2D eigenvalue weighted by atomic mass is 10.4. The largest absolute Gasteiger partial charge is 0.340 e. The van der Waals surface area contributed by atoms with Gasteiger partial charge < -0.3 is 4.57 Å². The second-order valence-corrected chi connectivity index (χ2v) is 5.26. The van der Waals surface area contributed by atoms with Crippen LogP contribution in [0.1, 0.15) is 10.5 Å². The number of hydrogen-bond donors (Lipinski definition) is 1. The minimum absolute atomic E-state index is 0.252. The number of carbonyl (C=O) groups is 1. The number of nitrogens with zero attached hydrogens (tertiary/aromatic N) is 3. The Morgan fingerprint density at radius 1 is 1.60 bits per heavy atom. The van der Waals surface area contributed by atoms with E-state index >= 15 is 0 Å². The zero-order valence-electron chi connectivity index (χ0n) is 7.77. The van der Waals surface area contributed by atoms with E-state index in [4.69, 9.17) is 0 Å². The SMILES string of the molecule is Cn1cnc(C(=O)Nc2ncc(Br)s2)c1. The molecule has 7 heteroatoms. The summed E-state index contributed by atoms with van der Waals surface area (Å²) in [5.74, 6) is -0.252. The van der Waals surface area contributed by atoms with Gasteiger partial charge in [-0.3, -0.25) is 10.1 Å². The van der Waals surface area contributed by atoms with Gasteiger partial charge in [-0.15, -0.1) is 0 Å². The number of hydrogen-bond acceptors (Lipinski definition) is 4. The molecule has 1 N–H and O–H groups in total. The molecular weight excluding hydrogens is 280 g/mol. The molecule has 2 heterocycles. The van der Waals surface area contributed by atoms with E-state index in [1.165, 1.54) is 11.3 Å². The van der Waals surface area contributed by atoms with Crippen molar-refractivity contribution in [2.24, 2.45) is 7.05 Å². The van der Waals surface area contributed by atoms with Gasteiger partial charge in [0.05, 0.1) is 16.3 Å². The fraction of sp³-hybridized carbons (Fsp3) is 0.125. The fourth-order valence-electron chi connectivity index (χ4n) is 1.00. The molecule has 1 amide bonds. The standard InChI is InChI=1S/C8H7BrN4OS/c1-13-3-5(11-4-13)7(14)12-8-10-2-6(9)15-8/h2-4H,1H3,(H,10,12,14). The molecule has 0 saturated carbocycles. The molecule has 0 radical (unpaired) electrons. The van der Waals surface area contributed by atoms with E-state index in [0.29, 0.717) is 10.8 Å². The number of thiazole rings is 1. The summed E-state index contributed by atoms with van der Waals surface area (Å²) in [4.78, 5) is 19.5. The van der Waals surface area contributed by atoms with Gasteiger partial charge in [-0.25, -0.2) is 9.97 Å². The molecule has 0 saturated heterocycles. The fourth-order valence-corrected chi connectivity index (χ4v) is 2.11. The lowest BCUT2D eigenvalue weighted by Gasteiger charge is -1.96. The molecule has 0 spiro atoms. The predicted octanol–water partition coefficient (Wildman–Crippen LogP) is 1.89. The first-order chi connectivity index (χ1) is 7.15. The third kappa shape index (κ3) is 2.42. The van der Waals surface area contributed by atoms with Crippen LogP contribution in [0.4, 0.5) is 5.13 Å². The molecule has 0 unspecified atom stereocenters. The van der Waals surface area contributed by atoms with E-state index < -0.39 is 0 Å². The van der Waals surface area contributed by atoms with Crippen molar-refractivity contribution in [3.05, 3.63) is 28.2 Å². The maximum absolute atomic E-state index is 11.6. The van der Waals surface area contributed by atoms with Crippen molar-refractivity contribution in [2.45, 2.75) is 0 Å². The highest BCUT2D eigenvalue weighted by molar-refractivity contribution is 9.11. The molecule has 0 aliphatic rings.